The summed E-state index contributed by atoms with van der Waals surface area (Å²) in [5, 5.41) is 1.59. The Labute approximate surface area is 151 Å². The first kappa shape index (κ1) is 18.1. The van der Waals surface area contributed by atoms with Gasteiger partial charge in [0.1, 0.15) is 9.77 Å². The van der Waals surface area contributed by atoms with Crippen molar-refractivity contribution in [1.82, 2.24) is 4.31 Å². The van der Waals surface area contributed by atoms with Crippen molar-refractivity contribution < 1.29 is 17.9 Å². The van der Waals surface area contributed by atoms with Crippen molar-refractivity contribution in [2.45, 2.75) is 10.8 Å². The second-order valence-corrected chi connectivity index (χ2v) is 8.76. The summed E-state index contributed by atoms with van der Waals surface area (Å²) in [6.07, 6.45) is 0. The topological polar surface area (TPSA) is 89.7 Å². The molecule has 2 heterocycles. The van der Waals surface area contributed by atoms with E-state index >= 15 is 0 Å². The lowest BCUT2D eigenvalue weighted by Crippen LogP contribution is -2.30. The quantitative estimate of drug-likeness (QED) is 0.800. The fraction of sp³-hybridized carbons (Fsp3) is 0.353. The van der Waals surface area contributed by atoms with Crippen molar-refractivity contribution in [3.8, 4) is 0 Å². The highest BCUT2D eigenvalue weighted by atomic mass is 32.2. The number of thiophene rings is 1. The third kappa shape index (κ3) is 3.35. The number of esters is 1. The number of carbonyl (C=O) groups is 1. The Morgan fingerprint density at radius 3 is 2.64 bits per heavy atom. The van der Waals surface area contributed by atoms with Crippen molar-refractivity contribution >= 4 is 27.3 Å². The van der Waals surface area contributed by atoms with Crippen LogP contribution in [0.3, 0.4) is 0 Å². The van der Waals surface area contributed by atoms with Crippen molar-refractivity contribution in [3.63, 3.8) is 0 Å². The third-order valence-electron chi connectivity index (χ3n) is 4.56. The van der Waals surface area contributed by atoms with Crippen LogP contribution < -0.4 is 5.73 Å². The van der Waals surface area contributed by atoms with Crippen LogP contribution in [0.2, 0.25) is 0 Å². The molecular weight excluding hydrogens is 360 g/mol. The number of methoxy groups -OCH3 is 1. The van der Waals surface area contributed by atoms with E-state index in [1.165, 1.54) is 17.5 Å². The highest BCUT2D eigenvalue weighted by Gasteiger charge is 2.41. The Kier molecular flexibility index (Phi) is 5.24. The van der Waals surface area contributed by atoms with E-state index in [1.54, 1.807) is 5.38 Å². The van der Waals surface area contributed by atoms with Gasteiger partial charge >= 0.3 is 5.97 Å². The second kappa shape index (κ2) is 7.25. The average molecular weight is 380 g/mol. The molecule has 2 aromatic rings. The van der Waals surface area contributed by atoms with Gasteiger partial charge in [0.05, 0.1) is 7.11 Å². The Morgan fingerprint density at radius 2 is 2.00 bits per heavy atom. The molecule has 25 heavy (non-hydrogen) atoms. The van der Waals surface area contributed by atoms with E-state index in [0.717, 1.165) is 16.9 Å². The zero-order valence-corrected chi connectivity index (χ0v) is 15.4. The van der Waals surface area contributed by atoms with Crippen LogP contribution in [0.4, 0.5) is 0 Å². The zero-order valence-electron chi connectivity index (χ0n) is 13.8. The molecule has 0 bridgehead atoms. The third-order valence-corrected chi connectivity index (χ3v) is 7.45. The molecule has 134 valence electrons. The smallest absolute Gasteiger partial charge is 0.349 e. The second-order valence-electron chi connectivity index (χ2n) is 5.94. The predicted molar refractivity (Wildman–Crippen MR) is 96.1 cm³/mol. The van der Waals surface area contributed by atoms with Crippen LogP contribution >= 0.6 is 11.3 Å². The van der Waals surface area contributed by atoms with Crippen molar-refractivity contribution in [1.29, 1.82) is 0 Å². The molecule has 3 rings (SSSR count). The molecule has 0 spiro atoms. The predicted octanol–water partition coefficient (Wildman–Crippen LogP) is 1.90. The highest BCUT2D eigenvalue weighted by molar-refractivity contribution is 7.89. The minimum Gasteiger partial charge on any atom is -0.465 e. The lowest BCUT2D eigenvalue weighted by molar-refractivity contribution is 0.0602. The molecule has 2 N–H and O–H groups in total. The number of hydrogen-bond donors (Lipinski definition) is 1. The fourth-order valence-corrected chi connectivity index (χ4v) is 6.06. The summed E-state index contributed by atoms with van der Waals surface area (Å²) in [6.45, 7) is 1.10. The molecule has 1 aromatic heterocycles. The first-order chi connectivity index (χ1) is 12.0. The van der Waals surface area contributed by atoms with Crippen LogP contribution in [-0.4, -0.2) is 45.4 Å². The summed E-state index contributed by atoms with van der Waals surface area (Å²) < 4.78 is 32.2. The summed E-state index contributed by atoms with van der Waals surface area (Å²) in [7, 11) is -2.54. The van der Waals surface area contributed by atoms with Gasteiger partial charge in [-0.15, -0.1) is 11.3 Å². The molecular formula is C17H20N2O4S2. The number of carbonyl (C=O) groups excluding carboxylic acids is 1. The Hall–Kier alpha value is -1.74. The van der Waals surface area contributed by atoms with Gasteiger partial charge in [0, 0.05) is 19.0 Å². The Balaban J connectivity index is 1.92. The van der Waals surface area contributed by atoms with Crippen molar-refractivity contribution in [2.24, 2.45) is 11.7 Å². The molecule has 1 fully saturated rings. The van der Waals surface area contributed by atoms with Crippen molar-refractivity contribution in [3.05, 3.63) is 52.2 Å². The minimum atomic E-state index is -3.78. The van der Waals surface area contributed by atoms with Gasteiger partial charge in [0.2, 0.25) is 10.0 Å². The first-order valence-electron chi connectivity index (χ1n) is 7.90. The summed E-state index contributed by atoms with van der Waals surface area (Å²) in [5.74, 6) is -0.554. The molecule has 0 radical (unpaired) electrons. The standard InChI is InChI=1S/C17H20N2O4S2/c1-23-17(20)16-15(7-8-24-16)25(21,22)19-10-13(9-18)14(11-19)12-5-3-2-4-6-12/h2-8,13-14H,9-11,18H2,1H3/t13-,14+/m1/s1. The maximum atomic E-state index is 13.1. The number of sulfonamides is 1. The minimum absolute atomic E-state index is 0.00818. The van der Waals surface area contributed by atoms with E-state index in [0.29, 0.717) is 19.6 Å². The summed E-state index contributed by atoms with van der Waals surface area (Å²) >= 11 is 1.07. The van der Waals surface area contributed by atoms with Crippen LogP contribution in [0.15, 0.2) is 46.7 Å². The zero-order chi connectivity index (χ0) is 18.0. The van der Waals surface area contributed by atoms with Gasteiger partial charge in [-0.05, 0) is 29.5 Å². The number of hydrogen-bond acceptors (Lipinski definition) is 6. The van der Waals surface area contributed by atoms with Gasteiger partial charge in [-0.25, -0.2) is 13.2 Å². The molecule has 1 aliphatic heterocycles. The van der Waals surface area contributed by atoms with E-state index in [-0.39, 0.29) is 21.6 Å². The molecule has 0 aliphatic carbocycles. The van der Waals surface area contributed by atoms with Gasteiger partial charge in [-0.1, -0.05) is 30.3 Å². The van der Waals surface area contributed by atoms with E-state index in [2.05, 4.69) is 0 Å². The number of ether oxygens (including phenoxy) is 1. The number of nitrogens with two attached hydrogens (primary N) is 1. The van der Waals surface area contributed by atoms with Crippen LogP contribution in [0, 0.1) is 5.92 Å². The summed E-state index contributed by atoms with van der Waals surface area (Å²) in [5.41, 5.74) is 6.97. The van der Waals surface area contributed by atoms with E-state index in [1.807, 2.05) is 30.3 Å². The number of rotatable bonds is 5. The first-order valence-corrected chi connectivity index (χ1v) is 10.2. The van der Waals surface area contributed by atoms with E-state index in [4.69, 9.17) is 10.5 Å². The SMILES string of the molecule is COC(=O)c1sccc1S(=O)(=O)N1C[C@@H](CN)[C@H](c2ccccc2)C1. The molecule has 8 heteroatoms. The van der Waals surface area contributed by atoms with E-state index < -0.39 is 16.0 Å². The lowest BCUT2D eigenvalue weighted by atomic mass is 9.89. The summed E-state index contributed by atoms with van der Waals surface area (Å²) in [6, 6.07) is 11.3. The molecule has 0 unspecified atom stereocenters. The van der Waals surface area contributed by atoms with Crippen molar-refractivity contribution in [2.75, 3.05) is 26.7 Å². The molecule has 1 aliphatic rings. The van der Waals surface area contributed by atoms with Crippen LogP contribution in [0.5, 0.6) is 0 Å². The Morgan fingerprint density at radius 1 is 1.28 bits per heavy atom. The van der Waals surface area contributed by atoms with Gasteiger partial charge in [-0.2, -0.15) is 4.31 Å². The largest absolute Gasteiger partial charge is 0.465 e. The molecule has 1 saturated heterocycles. The van der Waals surface area contributed by atoms with Crippen LogP contribution in [-0.2, 0) is 14.8 Å². The monoisotopic (exact) mass is 380 g/mol. The van der Waals surface area contributed by atoms with Gasteiger partial charge in [0.25, 0.3) is 0 Å². The summed E-state index contributed by atoms with van der Waals surface area (Å²) in [4.78, 5) is 12.0. The number of nitrogens with zero attached hydrogens (tertiary/aromatic N) is 1. The molecule has 0 saturated carbocycles. The highest BCUT2D eigenvalue weighted by Crippen LogP contribution is 2.36. The van der Waals surface area contributed by atoms with Crippen LogP contribution in [0.25, 0.3) is 0 Å². The van der Waals surface area contributed by atoms with Gasteiger partial charge in [0.15, 0.2) is 0 Å². The molecule has 6 nitrogen and oxygen atoms in total. The maximum Gasteiger partial charge on any atom is 0.349 e. The molecule has 2 atom stereocenters. The van der Waals surface area contributed by atoms with Crippen LogP contribution in [0.1, 0.15) is 21.2 Å². The average Bonchev–Trinajstić information content (AvgIpc) is 3.29. The van der Waals surface area contributed by atoms with E-state index in [9.17, 15) is 13.2 Å². The molecule has 1 aromatic carbocycles. The Bertz CT molecular complexity index is 849. The van der Waals surface area contributed by atoms with Gasteiger partial charge in [-0.3, -0.25) is 0 Å². The fourth-order valence-electron chi connectivity index (χ4n) is 3.23. The molecule has 0 amide bonds. The maximum absolute atomic E-state index is 13.1. The lowest BCUT2D eigenvalue weighted by Gasteiger charge is -2.17. The van der Waals surface area contributed by atoms with Gasteiger partial charge < -0.3 is 10.5 Å². The number of benzene rings is 1. The normalized spacial score (nSPS) is 21.4.